The van der Waals surface area contributed by atoms with E-state index in [1.54, 1.807) is 0 Å². The smallest absolute Gasteiger partial charge is 0.129 e. The predicted octanol–water partition coefficient (Wildman–Crippen LogP) is 2.82. The highest BCUT2D eigenvalue weighted by atomic mass is 35.5. The summed E-state index contributed by atoms with van der Waals surface area (Å²) >= 11 is 6.04. The number of anilines is 1. The second-order valence-corrected chi connectivity index (χ2v) is 5.36. The quantitative estimate of drug-likeness (QED) is 0.901. The zero-order valence-corrected chi connectivity index (χ0v) is 11.2. The second-order valence-electron chi connectivity index (χ2n) is 4.95. The molecule has 4 heteroatoms. The van der Waals surface area contributed by atoms with Crippen LogP contribution in [0.2, 0.25) is 5.02 Å². The van der Waals surface area contributed by atoms with Crippen molar-refractivity contribution in [3.63, 3.8) is 0 Å². The summed E-state index contributed by atoms with van der Waals surface area (Å²) in [6, 6.07) is 4.50. The molecule has 1 aromatic rings. The fourth-order valence-corrected chi connectivity index (χ4v) is 2.73. The van der Waals surface area contributed by atoms with Crippen LogP contribution in [0.15, 0.2) is 12.1 Å². The van der Waals surface area contributed by atoms with Gasteiger partial charge in [-0.1, -0.05) is 25.4 Å². The van der Waals surface area contributed by atoms with Crippen LogP contribution in [0.4, 0.5) is 5.82 Å². The molecule has 2 heterocycles. The predicted molar refractivity (Wildman–Crippen MR) is 72.3 cm³/mol. The van der Waals surface area contributed by atoms with Crippen molar-refractivity contribution in [2.75, 3.05) is 11.4 Å². The van der Waals surface area contributed by atoms with E-state index in [9.17, 15) is 0 Å². The Morgan fingerprint density at radius 3 is 2.94 bits per heavy atom. The molecule has 0 spiro atoms. The van der Waals surface area contributed by atoms with Crippen LogP contribution in [-0.2, 0) is 6.54 Å². The van der Waals surface area contributed by atoms with E-state index in [0.29, 0.717) is 23.5 Å². The maximum Gasteiger partial charge on any atom is 0.129 e. The van der Waals surface area contributed by atoms with Crippen molar-refractivity contribution >= 4 is 17.4 Å². The van der Waals surface area contributed by atoms with Crippen molar-refractivity contribution in [3.8, 4) is 0 Å². The standard InChI is InChI=1S/C13H20ClN3/c1-9(2)12-4-3-7-17(12)13-6-5-10(14)11(8-15)16-13/h5-6,9,12H,3-4,7-8,15H2,1-2H3. The molecule has 0 saturated carbocycles. The van der Waals surface area contributed by atoms with E-state index in [1.807, 2.05) is 12.1 Å². The van der Waals surface area contributed by atoms with Gasteiger partial charge in [-0.05, 0) is 30.9 Å². The molecule has 2 N–H and O–H groups in total. The summed E-state index contributed by atoms with van der Waals surface area (Å²) in [6.45, 7) is 6.01. The summed E-state index contributed by atoms with van der Waals surface area (Å²) in [6.07, 6.45) is 2.49. The Kier molecular flexibility index (Phi) is 3.89. The number of halogens is 1. The number of hydrogen-bond acceptors (Lipinski definition) is 3. The first-order valence-corrected chi connectivity index (χ1v) is 6.63. The van der Waals surface area contributed by atoms with Gasteiger partial charge in [-0.2, -0.15) is 0 Å². The molecule has 0 aliphatic carbocycles. The minimum Gasteiger partial charge on any atom is -0.353 e. The Morgan fingerprint density at radius 2 is 2.29 bits per heavy atom. The third-order valence-electron chi connectivity index (χ3n) is 3.46. The van der Waals surface area contributed by atoms with E-state index in [4.69, 9.17) is 17.3 Å². The normalized spacial score (nSPS) is 20.3. The summed E-state index contributed by atoms with van der Waals surface area (Å²) in [5.41, 5.74) is 6.44. The first-order chi connectivity index (χ1) is 8.13. The topological polar surface area (TPSA) is 42.1 Å². The number of pyridine rings is 1. The van der Waals surface area contributed by atoms with Gasteiger partial charge in [-0.15, -0.1) is 0 Å². The van der Waals surface area contributed by atoms with Crippen LogP contribution >= 0.6 is 11.6 Å². The first-order valence-electron chi connectivity index (χ1n) is 6.25. The Hall–Kier alpha value is -0.800. The minimum atomic E-state index is 0.396. The van der Waals surface area contributed by atoms with Crippen molar-refractivity contribution in [2.24, 2.45) is 11.7 Å². The molecule has 1 unspecified atom stereocenters. The minimum absolute atomic E-state index is 0.396. The number of nitrogens with zero attached hydrogens (tertiary/aromatic N) is 2. The second kappa shape index (κ2) is 5.23. The SMILES string of the molecule is CC(C)C1CCCN1c1ccc(Cl)c(CN)n1. The average molecular weight is 254 g/mol. The monoisotopic (exact) mass is 253 g/mol. The fraction of sp³-hybridized carbons (Fsp3) is 0.615. The molecule has 1 aromatic heterocycles. The van der Waals surface area contributed by atoms with Gasteiger partial charge in [0.15, 0.2) is 0 Å². The van der Waals surface area contributed by atoms with Gasteiger partial charge in [0.1, 0.15) is 5.82 Å². The molecular weight excluding hydrogens is 234 g/mol. The fourth-order valence-electron chi connectivity index (χ4n) is 2.55. The van der Waals surface area contributed by atoms with Crippen LogP contribution < -0.4 is 10.6 Å². The molecule has 0 radical (unpaired) electrons. The Balaban J connectivity index is 2.27. The molecule has 1 aliphatic rings. The third-order valence-corrected chi connectivity index (χ3v) is 3.80. The lowest BCUT2D eigenvalue weighted by Gasteiger charge is -2.29. The molecule has 1 fully saturated rings. The lowest BCUT2D eigenvalue weighted by Crippen LogP contribution is -2.34. The van der Waals surface area contributed by atoms with E-state index in [-0.39, 0.29) is 0 Å². The molecule has 3 nitrogen and oxygen atoms in total. The molecule has 1 saturated heterocycles. The summed E-state index contributed by atoms with van der Waals surface area (Å²) in [5, 5.41) is 0.663. The maximum absolute atomic E-state index is 6.04. The molecule has 1 aliphatic heterocycles. The molecular formula is C13H20ClN3. The van der Waals surface area contributed by atoms with Gasteiger partial charge in [-0.3, -0.25) is 0 Å². The van der Waals surface area contributed by atoms with Gasteiger partial charge in [0.25, 0.3) is 0 Å². The molecule has 0 amide bonds. The maximum atomic E-state index is 6.04. The van der Waals surface area contributed by atoms with E-state index in [2.05, 4.69) is 23.7 Å². The Bertz CT molecular complexity index is 392. The van der Waals surface area contributed by atoms with Gasteiger partial charge < -0.3 is 10.6 Å². The average Bonchev–Trinajstić information content (AvgIpc) is 2.78. The molecule has 1 atom stereocenters. The van der Waals surface area contributed by atoms with Crippen molar-refractivity contribution in [1.82, 2.24) is 4.98 Å². The first kappa shape index (κ1) is 12.7. The van der Waals surface area contributed by atoms with Gasteiger partial charge in [0, 0.05) is 19.1 Å². The Labute approximate surface area is 108 Å². The number of hydrogen-bond donors (Lipinski definition) is 1. The highest BCUT2D eigenvalue weighted by molar-refractivity contribution is 6.31. The van der Waals surface area contributed by atoms with E-state index < -0.39 is 0 Å². The van der Waals surface area contributed by atoms with Gasteiger partial charge >= 0.3 is 0 Å². The summed E-state index contributed by atoms with van der Waals surface area (Å²) in [7, 11) is 0. The van der Waals surface area contributed by atoms with Crippen molar-refractivity contribution in [3.05, 3.63) is 22.8 Å². The van der Waals surface area contributed by atoms with Crippen LogP contribution in [-0.4, -0.2) is 17.6 Å². The molecule has 0 bridgehead atoms. The summed E-state index contributed by atoms with van der Waals surface area (Å²) in [5.74, 6) is 1.67. The lowest BCUT2D eigenvalue weighted by molar-refractivity contribution is 0.489. The summed E-state index contributed by atoms with van der Waals surface area (Å²) in [4.78, 5) is 6.96. The zero-order valence-electron chi connectivity index (χ0n) is 10.5. The van der Waals surface area contributed by atoms with E-state index in [0.717, 1.165) is 18.1 Å². The highest BCUT2D eigenvalue weighted by Crippen LogP contribution is 2.29. The van der Waals surface area contributed by atoms with Crippen LogP contribution in [0.3, 0.4) is 0 Å². The van der Waals surface area contributed by atoms with Crippen LogP contribution in [0.1, 0.15) is 32.4 Å². The molecule has 2 rings (SSSR count). The van der Waals surface area contributed by atoms with E-state index in [1.165, 1.54) is 12.8 Å². The van der Waals surface area contributed by atoms with Crippen molar-refractivity contribution in [1.29, 1.82) is 0 Å². The van der Waals surface area contributed by atoms with Crippen molar-refractivity contribution < 1.29 is 0 Å². The van der Waals surface area contributed by atoms with Gasteiger partial charge in [-0.25, -0.2) is 4.98 Å². The highest BCUT2D eigenvalue weighted by Gasteiger charge is 2.28. The van der Waals surface area contributed by atoms with Crippen LogP contribution in [0.5, 0.6) is 0 Å². The van der Waals surface area contributed by atoms with Crippen molar-refractivity contribution in [2.45, 2.75) is 39.3 Å². The third kappa shape index (κ3) is 2.55. The van der Waals surface area contributed by atoms with Gasteiger partial charge in [0.2, 0.25) is 0 Å². The Morgan fingerprint density at radius 1 is 1.53 bits per heavy atom. The largest absolute Gasteiger partial charge is 0.353 e. The number of nitrogens with two attached hydrogens (primary N) is 1. The number of rotatable bonds is 3. The molecule has 17 heavy (non-hydrogen) atoms. The van der Waals surface area contributed by atoms with E-state index >= 15 is 0 Å². The van der Waals surface area contributed by atoms with Crippen LogP contribution in [0, 0.1) is 5.92 Å². The number of aromatic nitrogens is 1. The molecule has 0 aromatic carbocycles. The van der Waals surface area contributed by atoms with Gasteiger partial charge in [0.05, 0.1) is 10.7 Å². The lowest BCUT2D eigenvalue weighted by atomic mass is 10.0. The zero-order chi connectivity index (χ0) is 12.4. The molecule has 94 valence electrons. The van der Waals surface area contributed by atoms with Crippen LogP contribution in [0.25, 0.3) is 0 Å². The summed E-state index contributed by atoms with van der Waals surface area (Å²) < 4.78 is 0.